The molecule has 13 heteroatoms. The van der Waals surface area contributed by atoms with Gasteiger partial charge in [0.25, 0.3) is 11.6 Å². The number of carboxylic acid groups (broad SMARTS) is 1. The summed E-state index contributed by atoms with van der Waals surface area (Å²) in [4.78, 5) is 60.6. The summed E-state index contributed by atoms with van der Waals surface area (Å²) in [6, 6.07) is 4.76. The van der Waals surface area contributed by atoms with Crippen LogP contribution >= 0.6 is 0 Å². The van der Waals surface area contributed by atoms with Crippen molar-refractivity contribution in [1.29, 1.82) is 0 Å². The first-order chi connectivity index (χ1) is 17.0. The molecule has 0 saturated carbocycles. The summed E-state index contributed by atoms with van der Waals surface area (Å²) in [5.41, 5.74) is 0.146. The molecule has 1 aliphatic rings. The van der Waals surface area contributed by atoms with Crippen molar-refractivity contribution < 1.29 is 43.4 Å². The number of esters is 2. The molecule has 1 atom stereocenters. The van der Waals surface area contributed by atoms with Crippen LogP contribution in [0.5, 0.6) is 5.75 Å². The third-order valence-electron chi connectivity index (χ3n) is 5.08. The fourth-order valence-electron chi connectivity index (χ4n) is 3.64. The van der Waals surface area contributed by atoms with Crippen LogP contribution in [0.15, 0.2) is 46.8 Å². The van der Waals surface area contributed by atoms with Crippen LogP contribution in [0.4, 0.5) is 5.69 Å². The van der Waals surface area contributed by atoms with E-state index < -0.39 is 47.3 Å². The molecule has 0 bridgehead atoms. The molecule has 0 spiro atoms. The zero-order valence-electron chi connectivity index (χ0n) is 20.2. The van der Waals surface area contributed by atoms with Gasteiger partial charge in [0.2, 0.25) is 0 Å². The van der Waals surface area contributed by atoms with Crippen LogP contribution < -0.4 is 15.4 Å². The van der Waals surface area contributed by atoms with Crippen molar-refractivity contribution in [3.63, 3.8) is 0 Å². The number of amides is 1. The second-order valence-electron chi connectivity index (χ2n) is 7.52. The van der Waals surface area contributed by atoms with Gasteiger partial charge in [-0.15, -0.1) is 0 Å². The SMILES string of the molecule is CCOC(=O)C1=C(C)NC(C)=C(C(=O)OCC)C1C(Oc1ccc([N+](=O)[O-])cc1)C(=O)NCC(=O)O. The first-order valence-electron chi connectivity index (χ1n) is 10.9. The maximum atomic E-state index is 13.2. The molecule has 36 heavy (non-hydrogen) atoms. The second kappa shape index (κ2) is 12.3. The number of benzene rings is 1. The zero-order valence-corrected chi connectivity index (χ0v) is 20.2. The molecule has 1 amide bonds. The van der Waals surface area contributed by atoms with Crippen molar-refractivity contribution in [2.75, 3.05) is 19.8 Å². The van der Waals surface area contributed by atoms with E-state index in [4.69, 9.17) is 19.3 Å². The third kappa shape index (κ3) is 6.58. The number of rotatable bonds is 11. The molecule has 0 radical (unpaired) electrons. The monoisotopic (exact) mass is 505 g/mol. The number of nitro groups is 1. The number of nitro benzene ring substituents is 1. The van der Waals surface area contributed by atoms with E-state index in [1.54, 1.807) is 27.7 Å². The number of hydrogen-bond acceptors (Lipinski definition) is 10. The van der Waals surface area contributed by atoms with Crippen LogP contribution in [0.2, 0.25) is 0 Å². The van der Waals surface area contributed by atoms with Crippen LogP contribution in [0.3, 0.4) is 0 Å². The molecule has 0 aliphatic carbocycles. The number of hydrogen-bond donors (Lipinski definition) is 3. The van der Waals surface area contributed by atoms with Crippen molar-refractivity contribution >= 4 is 29.5 Å². The largest absolute Gasteiger partial charge is 0.480 e. The molecule has 1 aliphatic heterocycles. The van der Waals surface area contributed by atoms with Gasteiger partial charge in [0, 0.05) is 23.5 Å². The lowest BCUT2D eigenvalue weighted by Crippen LogP contribution is -2.50. The van der Waals surface area contributed by atoms with E-state index >= 15 is 0 Å². The van der Waals surface area contributed by atoms with Gasteiger partial charge in [-0.3, -0.25) is 19.7 Å². The zero-order chi connectivity index (χ0) is 27.0. The number of aliphatic carboxylic acids is 1. The van der Waals surface area contributed by atoms with Crippen LogP contribution in [-0.2, 0) is 28.7 Å². The molecule has 1 aromatic rings. The first kappa shape index (κ1) is 27.8. The lowest BCUT2D eigenvalue weighted by molar-refractivity contribution is -0.384. The van der Waals surface area contributed by atoms with Gasteiger partial charge in [-0.2, -0.15) is 0 Å². The normalized spacial score (nSPS) is 14.4. The standard InChI is InChI=1S/C23H27N3O10/c1-5-34-22(30)17-12(3)25-13(4)18(23(31)35-6-2)19(17)20(21(29)24-11-16(27)28)36-15-9-7-14(8-10-15)26(32)33/h7-10,19-20,25H,5-6,11H2,1-4H3,(H,24,29)(H,27,28). The van der Waals surface area contributed by atoms with Crippen molar-refractivity contribution in [1.82, 2.24) is 10.6 Å². The minimum Gasteiger partial charge on any atom is -0.480 e. The highest BCUT2D eigenvalue weighted by atomic mass is 16.6. The Morgan fingerprint density at radius 3 is 1.94 bits per heavy atom. The van der Waals surface area contributed by atoms with Crippen molar-refractivity contribution in [3.8, 4) is 5.75 Å². The van der Waals surface area contributed by atoms with E-state index in [0.29, 0.717) is 0 Å². The topological polar surface area (TPSA) is 183 Å². The minimum absolute atomic E-state index is 0.00113. The van der Waals surface area contributed by atoms with E-state index in [1.807, 2.05) is 0 Å². The van der Waals surface area contributed by atoms with Gasteiger partial charge < -0.3 is 30.0 Å². The van der Waals surface area contributed by atoms with Gasteiger partial charge in [-0.1, -0.05) is 0 Å². The average molecular weight is 505 g/mol. The Balaban J connectivity index is 2.68. The molecule has 1 unspecified atom stereocenters. The molecule has 1 heterocycles. The van der Waals surface area contributed by atoms with Crippen LogP contribution in [0.25, 0.3) is 0 Å². The van der Waals surface area contributed by atoms with Gasteiger partial charge in [-0.05, 0) is 39.8 Å². The van der Waals surface area contributed by atoms with E-state index in [0.717, 1.165) is 12.1 Å². The number of carboxylic acids is 1. The lowest BCUT2D eigenvalue weighted by Gasteiger charge is -2.34. The second-order valence-corrected chi connectivity index (χ2v) is 7.52. The summed E-state index contributed by atoms with van der Waals surface area (Å²) in [6.45, 7) is 5.48. The van der Waals surface area contributed by atoms with Gasteiger partial charge in [-0.25, -0.2) is 9.59 Å². The number of nitrogens with zero attached hydrogens (tertiary/aromatic N) is 1. The number of carbonyl (C=O) groups is 4. The highest BCUT2D eigenvalue weighted by Crippen LogP contribution is 2.36. The quantitative estimate of drug-likeness (QED) is 0.225. The van der Waals surface area contributed by atoms with Crippen molar-refractivity contribution in [2.24, 2.45) is 5.92 Å². The molecule has 0 fully saturated rings. The molecule has 194 valence electrons. The van der Waals surface area contributed by atoms with Crippen molar-refractivity contribution in [2.45, 2.75) is 33.8 Å². The van der Waals surface area contributed by atoms with E-state index in [2.05, 4.69) is 10.6 Å². The molecule has 13 nitrogen and oxygen atoms in total. The molecule has 3 N–H and O–H groups in total. The summed E-state index contributed by atoms with van der Waals surface area (Å²) >= 11 is 0. The van der Waals surface area contributed by atoms with Gasteiger partial charge >= 0.3 is 17.9 Å². The highest BCUT2D eigenvalue weighted by Gasteiger charge is 2.46. The number of carbonyl (C=O) groups excluding carboxylic acids is 3. The number of allylic oxidation sites excluding steroid dienone is 2. The Morgan fingerprint density at radius 2 is 1.53 bits per heavy atom. The Kier molecular flexibility index (Phi) is 9.53. The molecule has 0 saturated heterocycles. The third-order valence-corrected chi connectivity index (χ3v) is 5.08. The Bertz CT molecular complexity index is 1070. The molecular weight excluding hydrogens is 478 g/mol. The summed E-state index contributed by atoms with van der Waals surface area (Å²) in [6.07, 6.45) is -1.66. The molecule has 1 aromatic carbocycles. The predicted molar refractivity (Wildman–Crippen MR) is 123 cm³/mol. The Morgan fingerprint density at radius 1 is 1.03 bits per heavy atom. The van der Waals surface area contributed by atoms with E-state index in [-0.39, 0.29) is 47.2 Å². The van der Waals surface area contributed by atoms with Gasteiger partial charge in [0.15, 0.2) is 6.10 Å². The van der Waals surface area contributed by atoms with Gasteiger partial charge in [0.1, 0.15) is 12.3 Å². The fourth-order valence-corrected chi connectivity index (χ4v) is 3.64. The number of ether oxygens (including phenoxy) is 3. The molecule has 2 rings (SSSR count). The molecule has 0 aromatic heterocycles. The highest BCUT2D eigenvalue weighted by molar-refractivity contribution is 6.00. The van der Waals surface area contributed by atoms with Gasteiger partial charge in [0.05, 0.1) is 35.2 Å². The summed E-state index contributed by atoms with van der Waals surface area (Å²) < 4.78 is 16.2. The number of non-ortho nitro benzene ring substituents is 1. The Hall–Kier alpha value is -4.42. The Labute approximate surface area is 206 Å². The molecular formula is C23H27N3O10. The maximum absolute atomic E-state index is 13.2. The summed E-state index contributed by atoms with van der Waals surface area (Å²) in [7, 11) is 0. The predicted octanol–water partition coefficient (Wildman–Crippen LogP) is 1.44. The lowest BCUT2D eigenvalue weighted by atomic mass is 9.80. The summed E-state index contributed by atoms with van der Waals surface area (Å²) in [5.74, 6) is -5.32. The van der Waals surface area contributed by atoms with Crippen molar-refractivity contribution in [3.05, 3.63) is 56.9 Å². The van der Waals surface area contributed by atoms with E-state index in [9.17, 15) is 29.3 Å². The maximum Gasteiger partial charge on any atom is 0.336 e. The van der Waals surface area contributed by atoms with E-state index in [1.165, 1.54) is 12.1 Å². The minimum atomic E-state index is -1.66. The first-order valence-corrected chi connectivity index (χ1v) is 10.9. The smallest absolute Gasteiger partial charge is 0.336 e. The van der Waals surface area contributed by atoms with Crippen LogP contribution in [0.1, 0.15) is 27.7 Å². The van der Waals surface area contributed by atoms with Crippen LogP contribution in [0, 0.1) is 16.0 Å². The van der Waals surface area contributed by atoms with Crippen LogP contribution in [-0.4, -0.2) is 59.7 Å². The number of dihydropyridines is 1. The number of nitrogens with one attached hydrogen (secondary N) is 2. The average Bonchev–Trinajstić information content (AvgIpc) is 2.81. The summed E-state index contributed by atoms with van der Waals surface area (Å²) in [5, 5.41) is 25.1. The fraction of sp³-hybridized carbons (Fsp3) is 0.391.